The van der Waals surface area contributed by atoms with E-state index >= 15 is 0 Å². The van der Waals surface area contributed by atoms with E-state index in [0.29, 0.717) is 6.61 Å². The van der Waals surface area contributed by atoms with Gasteiger partial charge in [-0.15, -0.1) is 0 Å². The lowest BCUT2D eigenvalue weighted by atomic mass is 10.3. The molecule has 0 aliphatic rings. The lowest BCUT2D eigenvalue weighted by Crippen LogP contribution is -2.18. The molecule has 1 unspecified atom stereocenters. The minimum atomic E-state index is 0.0975. The molecule has 1 N–H and O–H groups in total. The second-order valence-electron chi connectivity index (χ2n) is 3.84. The van der Waals surface area contributed by atoms with Gasteiger partial charge >= 0.3 is 0 Å². The first kappa shape index (κ1) is 12.8. The molecule has 0 heterocycles. The number of hydrogen-bond acceptors (Lipinski definition) is 3. The van der Waals surface area contributed by atoms with Crippen LogP contribution in [0.1, 0.15) is 26.7 Å². The van der Waals surface area contributed by atoms with Crippen LogP contribution >= 0.6 is 0 Å². The Labute approximate surface area is 97.0 Å². The summed E-state index contributed by atoms with van der Waals surface area (Å²) >= 11 is 0. The highest BCUT2D eigenvalue weighted by Crippen LogP contribution is 2.16. The standard InChI is InChI=1S/C13H20O3/c1-3-4-9-15-11(2)10-16-13-7-5-12(14)6-8-13/h5-8,11,14H,3-4,9-10H2,1-2H3. The minimum absolute atomic E-state index is 0.0975. The molecule has 1 rings (SSSR count). The highest BCUT2D eigenvalue weighted by molar-refractivity contribution is 5.30. The zero-order valence-electron chi connectivity index (χ0n) is 9.98. The van der Waals surface area contributed by atoms with Crippen LogP contribution in [0.25, 0.3) is 0 Å². The number of phenolic OH excluding ortho intramolecular Hbond substituents is 1. The summed E-state index contributed by atoms with van der Waals surface area (Å²) < 4.78 is 11.1. The molecule has 0 amide bonds. The van der Waals surface area contributed by atoms with E-state index < -0.39 is 0 Å². The predicted molar refractivity (Wildman–Crippen MR) is 63.9 cm³/mol. The topological polar surface area (TPSA) is 38.7 Å². The summed E-state index contributed by atoms with van der Waals surface area (Å²) in [5.41, 5.74) is 0. The first-order valence-corrected chi connectivity index (χ1v) is 5.75. The Hall–Kier alpha value is -1.22. The molecule has 1 atom stereocenters. The largest absolute Gasteiger partial charge is 0.508 e. The zero-order valence-corrected chi connectivity index (χ0v) is 9.98. The molecule has 0 aromatic heterocycles. The SMILES string of the molecule is CCCCOC(C)COc1ccc(O)cc1. The van der Waals surface area contributed by atoms with Crippen molar-refractivity contribution in [1.29, 1.82) is 0 Å². The van der Waals surface area contributed by atoms with E-state index in [4.69, 9.17) is 14.6 Å². The molecule has 0 saturated carbocycles. The van der Waals surface area contributed by atoms with E-state index in [1.54, 1.807) is 24.3 Å². The number of hydrogen-bond donors (Lipinski definition) is 1. The summed E-state index contributed by atoms with van der Waals surface area (Å²) in [6, 6.07) is 6.71. The van der Waals surface area contributed by atoms with Gasteiger partial charge in [0.15, 0.2) is 0 Å². The molecule has 0 fully saturated rings. The summed E-state index contributed by atoms with van der Waals surface area (Å²) in [6.07, 6.45) is 2.33. The third-order valence-corrected chi connectivity index (χ3v) is 2.22. The van der Waals surface area contributed by atoms with Gasteiger partial charge in [-0.25, -0.2) is 0 Å². The average Bonchev–Trinajstić information content (AvgIpc) is 2.29. The predicted octanol–water partition coefficient (Wildman–Crippen LogP) is 2.98. The van der Waals surface area contributed by atoms with Gasteiger partial charge in [-0.05, 0) is 37.6 Å². The molecule has 3 nitrogen and oxygen atoms in total. The van der Waals surface area contributed by atoms with Crippen LogP contribution in [0.15, 0.2) is 24.3 Å². The fourth-order valence-corrected chi connectivity index (χ4v) is 1.23. The van der Waals surface area contributed by atoms with Crippen molar-refractivity contribution in [2.75, 3.05) is 13.2 Å². The molecule has 0 radical (unpaired) electrons. The van der Waals surface area contributed by atoms with Crippen LogP contribution in [-0.4, -0.2) is 24.4 Å². The molecule has 0 bridgehead atoms. The average molecular weight is 224 g/mol. The molecule has 90 valence electrons. The molecular weight excluding hydrogens is 204 g/mol. The molecule has 1 aromatic rings. The van der Waals surface area contributed by atoms with Crippen LogP contribution in [-0.2, 0) is 4.74 Å². The van der Waals surface area contributed by atoms with Crippen molar-refractivity contribution in [2.24, 2.45) is 0 Å². The number of unbranched alkanes of at least 4 members (excludes halogenated alkanes) is 1. The zero-order chi connectivity index (χ0) is 11.8. The Balaban J connectivity index is 2.20. The second kappa shape index (κ2) is 7.12. The van der Waals surface area contributed by atoms with Gasteiger partial charge < -0.3 is 14.6 Å². The summed E-state index contributed by atoms with van der Waals surface area (Å²) in [5.74, 6) is 1.00. The van der Waals surface area contributed by atoms with E-state index in [2.05, 4.69) is 6.92 Å². The van der Waals surface area contributed by atoms with Gasteiger partial charge in [-0.3, -0.25) is 0 Å². The van der Waals surface area contributed by atoms with E-state index in [1.165, 1.54) is 0 Å². The van der Waals surface area contributed by atoms with Gasteiger partial charge in [0.1, 0.15) is 18.1 Å². The third-order valence-electron chi connectivity index (χ3n) is 2.22. The lowest BCUT2D eigenvalue weighted by Gasteiger charge is -2.14. The van der Waals surface area contributed by atoms with E-state index in [1.807, 2.05) is 6.92 Å². The highest BCUT2D eigenvalue weighted by atomic mass is 16.5. The fourth-order valence-electron chi connectivity index (χ4n) is 1.23. The number of aromatic hydroxyl groups is 1. The molecule has 0 spiro atoms. The molecule has 0 aliphatic heterocycles. The van der Waals surface area contributed by atoms with E-state index in [-0.39, 0.29) is 11.9 Å². The monoisotopic (exact) mass is 224 g/mol. The summed E-state index contributed by atoms with van der Waals surface area (Å²) in [5, 5.41) is 9.10. The van der Waals surface area contributed by atoms with Crippen LogP contribution in [0.5, 0.6) is 11.5 Å². The number of benzene rings is 1. The fraction of sp³-hybridized carbons (Fsp3) is 0.538. The van der Waals surface area contributed by atoms with Gasteiger partial charge in [0, 0.05) is 6.61 Å². The van der Waals surface area contributed by atoms with Crippen molar-refractivity contribution in [2.45, 2.75) is 32.8 Å². The molecular formula is C13H20O3. The maximum atomic E-state index is 9.10. The lowest BCUT2D eigenvalue weighted by molar-refractivity contribution is 0.0308. The third kappa shape index (κ3) is 5.03. The van der Waals surface area contributed by atoms with Crippen molar-refractivity contribution in [3.8, 4) is 11.5 Å². The van der Waals surface area contributed by atoms with E-state index in [9.17, 15) is 0 Å². The normalized spacial score (nSPS) is 12.4. The second-order valence-corrected chi connectivity index (χ2v) is 3.84. The maximum absolute atomic E-state index is 9.10. The Morgan fingerprint density at radius 1 is 1.25 bits per heavy atom. The molecule has 3 heteroatoms. The van der Waals surface area contributed by atoms with Crippen LogP contribution in [0.4, 0.5) is 0 Å². The van der Waals surface area contributed by atoms with Gasteiger partial charge in [0.05, 0.1) is 6.10 Å². The Morgan fingerprint density at radius 2 is 1.94 bits per heavy atom. The quantitative estimate of drug-likeness (QED) is 0.724. The molecule has 1 aromatic carbocycles. The molecule has 0 saturated heterocycles. The summed E-state index contributed by atoms with van der Waals surface area (Å²) in [7, 11) is 0. The number of ether oxygens (including phenoxy) is 2. The Morgan fingerprint density at radius 3 is 2.56 bits per heavy atom. The number of rotatable bonds is 7. The smallest absolute Gasteiger partial charge is 0.119 e. The highest BCUT2D eigenvalue weighted by Gasteiger charge is 2.02. The first-order chi connectivity index (χ1) is 7.72. The Kier molecular flexibility index (Phi) is 5.72. The van der Waals surface area contributed by atoms with Crippen molar-refractivity contribution >= 4 is 0 Å². The molecule has 0 aliphatic carbocycles. The minimum Gasteiger partial charge on any atom is -0.508 e. The van der Waals surface area contributed by atoms with Crippen LogP contribution in [0, 0.1) is 0 Å². The van der Waals surface area contributed by atoms with Gasteiger partial charge in [0.25, 0.3) is 0 Å². The van der Waals surface area contributed by atoms with Crippen LogP contribution in [0.3, 0.4) is 0 Å². The van der Waals surface area contributed by atoms with E-state index in [0.717, 1.165) is 25.2 Å². The van der Waals surface area contributed by atoms with Crippen LogP contribution in [0.2, 0.25) is 0 Å². The van der Waals surface area contributed by atoms with Crippen molar-refractivity contribution in [3.05, 3.63) is 24.3 Å². The number of phenols is 1. The Bertz CT molecular complexity index is 282. The van der Waals surface area contributed by atoms with Crippen LogP contribution < -0.4 is 4.74 Å². The summed E-state index contributed by atoms with van der Waals surface area (Å²) in [4.78, 5) is 0. The van der Waals surface area contributed by atoms with Gasteiger partial charge in [-0.2, -0.15) is 0 Å². The first-order valence-electron chi connectivity index (χ1n) is 5.75. The molecule has 16 heavy (non-hydrogen) atoms. The van der Waals surface area contributed by atoms with Gasteiger partial charge in [-0.1, -0.05) is 13.3 Å². The van der Waals surface area contributed by atoms with Crippen molar-refractivity contribution in [3.63, 3.8) is 0 Å². The van der Waals surface area contributed by atoms with Crippen molar-refractivity contribution in [1.82, 2.24) is 0 Å². The maximum Gasteiger partial charge on any atom is 0.119 e. The van der Waals surface area contributed by atoms with Gasteiger partial charge in [0.2, 0.25) is 0 Å². The summed E-state index contributed by atoms with van der Waals surface area (Å²) in [6.45, 7) is 5.46. The van der Waals surface area contributed by atoms with Crippen molar-refractivity contribution < 1.29 is 14.6 Å².